The van der Waals surface area contributed by atoms with Crippen molar-refractivity contribution in [2.75, 3.05) is 20.1 Å². The number of amides is 1. The molecule has 0 aromatic carbocycles. The number of nitrogens with two attached hydrogens (primary N) is 1. The van der Waals surface area contributed by atoms with Gasteiger partial charge in [-0.15, -0.1) is 0 Å². The molecule has 66 valence electrons. The first-order valence-electron chi connectivity index (χ1n) is 3.88. The number of likely N-dealkylation sites (N-methyl/N-ethyl adjacent to an activating group) is 1. The lowest BCUT2D eigenvalue weighted by Gasteiger charge is -2.12. The van der Waals surface area contributed by atoms with Gasteiger partial charge in [0.15, 0.2) is 0 Å². The Kier molecular flexibility index (Phi) is 5.78. The molecule has 0 heterocycles. The minimum atomic E-state index is 0.0531. The summed E-state index contributed by atoms with van der Waals surface area (Å²) in [5.74, 6) is 0.0531. The van der Waals surface area contributed by atoms with E-state index < -0.39 is 0 Å². The molecule has 11 heavy (non-hydrogen) atoms. The normalized spacial score (nSPS) is 12.6. The molecule has 0 aliphatic rings. The first-order valence-corrected chi connectivity index (χ1v) is 3.88. The van der Waals surface area contributed by atoms with Crippen LogP contribution in [0.5, 0.6) is 0 Å². The van der Waals surface area contributed by atoms with E-state index in [1.54, 1.807) is 7.05 Å². The lowest BCUT2D eigenvalue weighted by atomic mass is 10.2. The molecule has 0 aliphatic carbocycles. The lowest BCUT2D eigenvalue weighted by Crippen LogP contribution is -2.38. The molecule has 0 spiro atoms. The van der Waals surface area contributed by atoms with Gasteiger partial charge in [0, 0.05) is 25.6 Å². The Morgan fingerprint density at radius 3 is 2.64 bits per heavy atom. The zero-order chi connectivity index (χ0) is 8.69. The third-order valence-corrected chi connectivity index (χ3v) is 1.50. The van der Waals surface area contributed by atoms with E-state index in [2.05, 4.69) is 10.6 Å². The zero-order valence-corrected chi connectivity index (χ0v) is 7.18. The summed E-state index contributed by atoms with van der Waals surface area (Å²) in [5, 5.41) is 5.67. The van der Waals surface area contributed by atoms with Gasteiger partial charge in [0.05, 0.1) is 0 Å². The standard InChI is InChI=1S/C7H17N3O/c1-3-10-7(11)4-6(5-8)9-2/h6,9H,3-5,8H2,1-2H3,(H,10,11). The maximum atomic E-state index is 11.0. The molecule has 0 bridgehead atoms. The maximum absolute atomic E-state index is 11.0. The second-order valence-electron chi connectivity index (χ2n) is 2.38. The van der Waals surface area contributed by atoms with Crippen LogP contribution in [0, 0.1) is 0 Å². The van der Waals surface area contributed by atoms with Crippen LogP contribution in [0.2, 0.25) is 0 Å². The predicted molar refractivity (Wildman–Crippen MR) is 45.2 cm³/mol. The largest absolute Gasteiger partial charge is 0.356 e. The van der Waals surface area contributed by atoms with Crippen molar-refractivity contribution in [1.82, 2.24) is 10.6 Å². The summed E-state index contributed by atoms with van der Waals surface area (Å²) in [5.41, 5.74) is 5.39. The van der Waals surface area contributed by atoms with Crippen LogP contribution in [-0.4, -0.2) is 32.1 Å². The van der Waals surface area contributed by atoms with E-state index in [-0.39, 0.29) is 11.9 Å². The molecule has 0 rings (SSSR count). The predicted octanol–water partition coefficient (Wildman–Crippen LogP) is -0.941. The second-order valence-corrected chi connectivity index (χ2v) is 2.38. The average Bonchev–Trinajstić information content (AvgIpc) is 2.01. The molecule has 0 saturated carbocycles. The van der Waals surface area contributed by atoms with Gasteiger partial charge >= 0.3 is 0 Å². The Balaban J connectivity index is 3.54. The molecule has 1 amide bonds. The van der Waals surface area contributed by atoms with Crippen LogP contribution in [0.15, 0.2) is 0 Å². The van der Waals surface area contributed by atoms with Crippen LogP contribution >= 0.6 is 0 Å². The van der Waals surface area contributed by atoms with Crippen molar-refractivity contribution in [3.8, 4) is 0 Å². The molecular formula is C7H17N3O. The highest BCUT2D eigenvalue weighted by molar-refractivity contribution is 5.76. The highest BCUT2D eigenvalue weighted by atomic mass is 16.1. The molecule has 0 aromatic heterocycles. The van der Waals surface area contributed by atoms with Crippen molar-refractivity contribution >= 4 is 5.91 Å². The number of carbonyl (C=O) groups is 1. The van der Waals surface area contributed by atoms with Gasteiger partial charge in [-0.25, -0.2) is 0 Å². The highest BCUT2D eigenvalue weighted by Gasteiger charge is 2.08. The van der Waals surface area contributed by atoms with Crippen molar-refractivity contribution in [1.29, 1.82) is 0 Å². The van der Waals surface area contributed by atoms with E-state index in [9.17, 15) is 4.79 Å². The quantitative estimate of drug-likeness (QED) is 0.485. The van der Waals surface area contributed by atoms with Crippen LogP contribution in [0.3, 0.4) is 0 Å². The third-order valence-electron chi connectivity index (χ3n) is 1.50. The van der Waals surface area contributed by atoms with Crippen LogP contribution in [-0.2, 0) is 4.79 Å². The van der Waals surface area contributed by atoms with Crippen molar-refractivity contribution < 1.29 is 4.79 Å². The molecule has 1 unspecified atom stereocenters. The van der Waals surface area contributed by atoms with E-state index in [1.165, 1.54) is 0 Å². The van der Waals surface area contributed by atoms with Crippen LogP contribution in [0.4, 0.5) is 0 Å². The smallest absolute Gasteiger partial charge is 0.221 e. The molecular weight excluding hydrogens is 142 g/mol. The fraction of sp³-hybridized carbons (Fsp3) is 0.857. The van der Waals surface area contributed by atoms with E-state index in [1.807, 2.05) is 6.92 Å². The van der Waals surface area contributed by atoms with Crippen LogP contribution in [0.1, 0.15) is 13.3 Å². The molecule has 1 atom stereocenters. The molecule has 0 saturated heterocycles. The van der Waals surface area contributed by atoms with Crippen LogP contribution in [0.25, 0.3) is 0 Å². The summed E-state index contributed by atoms with van der Waals surface area (Å²) in [6.07, 6.45) is 0.459. The molecule has 4 heteroatoms. The monoisotopic (exact) mass is 159 g/mol. The van der Waals surface area contributed by atoms with E-state index >= 15 is 0 Å². The molecule has 4 nitrogen and oxygen atoms in total. The van der Waals surface area contributed by atoms with Crippen molar-refractivity contribution in [3.05, 3.63) is 0 Å². The van der Waals surface area contributed by atoms with Gasteiger partial charge in [-0.3, -0.25) is 4.79 Å². The Hall–Kier alpha value is -0.610. The first kappa shape index (κ1) is 10.4. The van der Waals surface area contributed by atoms with E-state index in [0.29, 0.717) is 19.5 Å². The van der Waals surface area contributed by atoms with Crippen molar-refractivity contribution in [2.45, 2.75) is 19.4 Å². The highest BCUT2D eigenvalue weighted by Crippen LogP contribution is 1.87. The molecule has 4 N–H and O–H groups in total. The number of hydrogen-bond acceptors (Lipinski definition) is 3. The Bertz CT molecular complexity index is 112. The number of hydrogen-bond donors (Lipinski definition) is 3. The Morgan fingerprint density at radius 2 is 2.27 bits per heavy atom. The minimum absolute atomic E-state index is 0.0531. The van der Waals surface area contributed by atoms with Gasteiger partial charge in [0.2, 0.25) is 5.91 Å². The van der Waals surface area contributed by atoms with Gasteiger partial charge in [-0.1, -0.05) is 0 Å². The van der Waals surface area contributed by atoms with Gasteiger partial charge in [0.1, 0.15) is 0 Å². The fourth-order valence-corrected chi connectivity index (χ4v) is 0.796. The second kappa shape index (κ2) is 6.12. The van der Waals surface area contributed by atoms with E-state index in [0.717, 1.165) is 0 Å². The summed E-state index contributed by atoms with van der Waals surface area (Å²) in [6.45, 7) is 3.07. The van der Waals surface area contributed by atoms with Crippen LogP contribution < -0.4 is 16.4 Å². The summed E-state index contributed by atoms with van der Waals surface area (Å²) < 4.78 is 0. The Labute approximate surface area is 67.5 Å². The fourth-order valence-electron chi connectivity index (χ4n) is 0.796. The number of rotatable bonds is 5. The van der Waals surface area contributed by atoms with Crippen molar-refractivity contribution in [3.63, 3.8) is 0 Å². The zero-order valence-electron chi connectivity index (χ0n) is 7.18. The average molecular weight is 159 g/mol. The lowest BCUT2D eigenvalue weighted by molar-refractivity contribution is -0.121. The number of carbonyl (C=O) groups excluding carboxylic acids is 1. The minimum Gasteiger partial charge on any atom is -0.356 e. The maximum Gasteiger partial charge on any atom is 0.221 e. The molecule has 0 fully saturated rings. The van der Waals surface area contributed by atoms with Gasteiger partial charge in [0.25, 0.3) is 0 Å². The SMILES string of the molecule is CCNC(=O)CC(CN)NC. The summed E-state index contributed by atoms with van der Waals surface area (Å²) in [6, 6.07) is 0.0987. The number of nitrogens with one attached hydrogen (secondary N) is 2. The first-order chi connectivity index (χ1) is 5.24. The topological polar surface area (TPSA) is 67.2 Å². The van der Waals surface area contributed by atoms with Gasteiger partial charge < -0.3 is 16.4 Å². The van der Waals surface area contributed by atoms with Gasteiger partial charge in [-0.2, -0.15) is 0 Å². The van der Waals surface area contributed by atoms with E-state index in [4.69, 9.17) is 5.73 Å². The van der Waals surface area contributed by atoms with Gasteiger partial charge in [-0.05, 0) is 14.0 Å². The summed E-state index contributed by atoms with van der Waals surface area (Å²) >= 11 is 0. The summed E-state index contributed by atoms with van der Waals surface area (Å²) in [4.78, 5) is 11.0. The molecule has 0 aromatic rings. The van der Waals surface area contributed by atoms with Crippen molar-refractivity contribution in [2.24, 2.45) is 5.73 Å². The third kappa shape index (κ3) is 4.75. The molecule has 0 aliphatic heterocycles. The molecule has 0 radical (unpaired) electrons. The Morgan fingerprint density at radius 1 is 1.64 bits per heavy atom. The summed E-state index contributed by atoms with van der Waals surface area (Å²) in [7, 11) is 1.80.